The zero-order chi connectivity index (χ0) is 26.7. The normalized spacial score (nSPS) is 10.7. The van der Waals surface area contributed by atoms with Crippen molar-refractivity contribution in [2.45, 2.75) is 26.4 Å². The van der Waals surface area contributed by atoms with E-state index >= 15 is 0 Å². The highest BCUT2D eigenvalue weighted by Crippen LogP contribution is 2.21. The molecule has 0 aliphatic heterocycles. The SMILES string of the molecule is C#C.CC(C)CNC(=O)C(F)(F)F.Fc1ccc(-n2ncc3cc(Cc4ccccc4)ccc32)cc1. The van der Waals surface area contributed by atoms with Gasteiger partial charge in [-0.2, -0.15) is 18.3 Å². The Morgan fingerprint density at radius 3 is 2.19 bits per heavy atom. The van der Waals surface area contributed by atoms with Gasteiger partial charge in [0.25, 0.3) is 0 Å². The standard InChI is InChI=1S/C20H15FN2.C6H10F3NO.C2H2/c21-18-7-9-19(10-8-18)23-20-11-6-16(13-17(20)14-22-23)12-15-4-2-1-3-5-15;1-4(2)3-10-5(11)6(7,8)9;1-2/h1-11,13-14H,12H2;4H,3H2,1-2H3,(H,10,11);1-2H. The fourth-order valence-electron chi connectivity index (χ4n) is 3.21. The summed E-state index contributed by atoms with van der Waals surface area (Å²) >= 11 is 0. The number of rotatable bonds is 5. The van der Waals surface area contributed by atoms with Gasteiger partial charge in [0.05, 0.1) is 17.4 Å². The van der Waals surface area contributed by atoms with Gasteiger partial charge >= 0.3 is 12.1 Å². The maximum Gasteiger partial charge on any atom is 0.471 e. The fraction of sp³-hybridized carbons (Fsp3) is 0.214. The first-order valence-corrected chi connectivity index (χ1v) is 11.1. The molecule has 0 aliphatic carbocycles. The molecule has 0 radical (unpaired) electrons. The lowest BCUT2D eigenvalue weighted by atomic mass is 10.0. The van der Waals surface area contributed by atoms with E-state index in [1.54, 1.807) is 31.3 Å². The van der Waals surface area contributed by atoms with Crippen molar-refractivity contribution in [3.05, 3.63) is 95.9 Å². The predicted octanol–water partition coefficient (Wildman–Crippen LogP) is 6.33. The van der Waals surface area contributed by atoms with E-state index in [1.807, 2.05) is 16.9 Å². The van der Waals surface area contributed by atoms with Crippen LogP contribution in [0.3, 0.4) is 0 Å². The summed E-state index contributed by atoms with van der Waals surface area (Å²) in [5.41, 5.74) is 4.42. The largest absolute Gasteiger partial charge is 0.471 e. The van der Waals surface area contributed by atoms with Crippen molar-refractivity contribution in [3.8, 4) is 18.5 Å². The van der Waals surface area contributed by atoms with E-state index in [9.17, 15) is 22.4 Å². The Labute approximate surface area is 208 Å². The minimum atomic E-state index is -4.76. The van der Waals surface area contributed by atoms with Crippen LogP contribution in [0.5, 0.6) is 0 Å². The topological polar surface area (TPSA) is 46.9 Å². The lowest BCUT2D eigenvalue weighted by molar-refractivity contribution is -0.173. The van der Waals surface area contributed by atoms with E-state index in [0.717, 1.165) is 23.0 Å². The number of carbonyl (C=O) groups excluding carboxylic acids is 1. The van der Waals surface area contributed by atoms with Gasteiger partial charge in [-0.1, -0.05) is 50.2 Å². The van der Waals surface area contributed by atoms with Crippen LogP contribution in [-0.2, 0) is 11.2 Å². The first-order chi connectivity index (χ1) is 17.1. The molecule has 4 aromatic rings. The number of alkyl halides is 3. The molecule has 1 aromatic heterocycles. The van der Waals surface area contributed by atoms with Crippen molar-refractivity contribution in [3.63, 3.8) is 0 Å². The predicted molar refractivity (Wildman–Crippen MR) is 134 cm³/mol. The summed E-state index contributed by atoms with van der Waals surface area (Å²) in [5.74, 6) is -2.08. The molecule has 0 fully saturated rings. The molecule has 8 heteroatoms. The number of benzene rings is 3. The zero-order valence-electron chi connectivity index (χ0n) is 20.0. The minimum Gasteiger partial charge on any atom is -0.348 e. The second kappa shape index (κ2) is 13.1. The molecule has 0 saturated carbocycles. The number of fused-ring (bicyclic) bond motifs is 1. The van der Waals surface area contributed by atoms with Crippen LogP contribution >= 0.6 is 0 Å². The van der Waals surface area contributed by atoms with Crippen LogP contribution in [0.25, 0.3) is 16.6 Å². The number of nitrogens with one attached hydrogen (secondary N) is 1. The van der Waals surface area contributed by atoms with Crippen LogP contribution in [0, 0.1) is 24.6 Å². The highest BCUT2D eigenvalue weighted by atomic mass is 19.4. The molecule has 0 saturated heterocycles. The highest BCUT2D eigenvalue weighted by molar-refractivity contribution is 5.82. The molecule has 36 heavy (non-hydrogen) atoms. The number of nitrogens with zero attached hydrogens (tertiary/aromatic N) is 2. The number of carbonyl (C=O) groups is 1. The van der Waals surface area contributed by atoms with Crippen molar-refractivity contribution in [2.24, 2.45) is 5.92 Å². The Bertz CT molecular complexity index is 1260. The quantitative estimate of drug-likeness (QED) is 0.259. The second-order valence-corrected chi connectivity index (χ2v) is 8.19. The molecule has 1 N–H and O–H groups in total. The van der Waals surface area contributed by atoms with Gasteiger partial charge in [0.2, 0.25) is 0 Å². The number of aromatic nitrogens is 2. The van der Waals surface area contributed by atoms with Crippen LogP contribution < -0.4 is 5.32 Å². The molecule has 1 amide bonds. The molecule has 4 nitrogen and oxygen atoms in total. The molecule has 0 spiro atoms. The average molecular weight is 498 g/mol. The number of terminal acetylenes is 1. The highest BCUT2D eigenvalue weighted by Gasteiger charge is 2.38. The molecule has 0 unspecified atom stereocenters. The van der Waals surface area contributed by atoms with Crippen molar-refractivity contribution >= 4 is 16.8 Å². The molecule has 4 rings (SSSR count). The van der Waals surface area contributed by atoms with E-state index in [0.29, 0.717) is 0 Å². The lowest BCUT2D eigenvalue weighted by Gasteiger charge is -2.08. The summed E-state index contributed by atoms with van der Waals surface area (Å²) in [5, 5.41) is 7.28. The summed E-state index contributed by atoms with van der Waals surface area (Å²) < 4.78 is 49.4. The third-order valence-electron chi connectivity index (χ3n) is 4.88. The molecule has 3 aromatic carbocycles. The number of hydrogen-bond donors (Lipinski definition) is 1. The molecule has 0 aliphatic rings. The number of halogens is 4. The smallest absolute Gasteiger partial charge is 0.348 e. The van der Waals surface area contributed by atoms with Gasteiger partial charge in [-0.15, -0.1) is 12.8 Å². The van der Waals surface area contributed by atoms with E-state index < -0.39 is 12.1 Å². The fourth-order valence-corrected chi connectivity index (χ4v) is 3.21. The van der Waals surface area contributed by atoms with Crippen molar-refractivity contribution in [1.29, 1.82) is 0 Å². The van der Waals surface area contributed by atoms with E-state index in [4.69, 9.17) is 0 Å². The van der Waals surface area contributed by atoms with Gasteiger partial charge in [0.1, 0.15) is 5.82 Å². The summed E-state index contributed by atoms with van der Waals surface area (Å²) in [6, 6.07) is 23.1. The van der Waals surface area contributed by atoms with E-state index in [-0.39, 0.29) is 18.3 Å². The van der Waals surface area contributed by atoms with Crippen molar-refractivity contribution < 1.29 is 22.4 Å². The summed E-state index contributed by atoms with van der Waals surface area (Å²) in [4.78, 5) is 10.1. The number of amides is 1. The Balaban J connectivity index is 0.000000300. The van der Waals surface area contributed by atoms with E-state index in [1.165, 1.54) is 23.3 Å². The summed E-state index contributed by atoms with van der Waals surface area (Å²) in [6.45, 7) is 3.49. The first-order valence-electron chi connectivity index (χ1n) is 11.1. The monoisotopic (exact) mass is 497 g/mol. The summed E-state index contributed by atoms with van der Waals surface area (Å²) in [7, 11) is 0. The van der Waals surface area contributed by atoms with Crippen LogP contribution in [0.15, 0.2) is 79.0 Å². The maximum absolute atomic E-state index is 13.1. The van der Waals surface area contributed by atoms with Gasteiger partial charge in [0, 0.05) is 11.9 Å². The van der Waals surface area contributed by atoms with Crippen LogP contribution in [0.1, 0.15) is 25.0 Å². The first kappa shape index (κ1) is 28.1. The minimum absolute atomic E-state index is 0.0290. The van der Waals surface area contributed by atoms with Crippen LogP contribution in [0.4, 0.5) is 17.6 Å². The van der Waals surface area contributed by atoms with Gasteiger partial charge in [-0.3, -0.25) is 4.79 Å². The lowest BCUT2D eigenvalue weighted by Crippen LogP contribution is -2.38. The van der Waals surface area contributed by atoms with Gasteiger partial charge in [-0.25, -0.2) is 9.07 Å². The average Bonchev–Trinajstić information content (AvgIpc) is 3.28. The zero-order valence-corrected chi connectivity index (χ0v) is 20.0. The summed E-state index contributed by atoms with van der Waals surface area (Å²) in [6.07, 6.45) is 6.00. The van der Waals surface area contributed by atoms with Crippen molar-refractivity contribution in [2.75, 3.05) is 6.54 Å². The molecular weight excluding hydrogens is 470 g/mol. The third kappa shape index (κ3) is 8.27. The van der Waals surface area contributed by atoms with Gasteiger partial charge in [0.15, 0.2) is 0 Å². The Kier molecular flexibility index (Phi) is 10.2. The van der Waals surface area contributed by atoms with Gasteiger partial charge in [-0.05, 0) is 59.9 Å². The molecule has 0 atom stereocenters. The Morgan fingerprint density at radius 2 is 1.61 bits per heavy atom. The van der Waals surface area contributed by atoms with Crippen LogP contribution in [-0.4, -0.2) is 28.4 Å². The molecule has 188 valence electrons. The second-order valence-electron chi connectivity index (χ2n) is 8.19. The van der Waals surface area contributed by atoms with Crippen LogP contribution in [0.2, 0.25) is 0 Å². The third-order valence-corrected chi connectivity index (χ3v) is 4.88. The Morgan fingerprint density at radius 1 is 0.972 bits per heavy atom. The molecule has 1 heterocycles. The number of hydrogen-bond acceptors (Lipinski definition) is 2. The van der Waals surface area contributed by atoms with E-state index in [2.05, 4.69) is 60.4 Å². The Hall–Kier alpha value is -4.12. The van der Waals surface area contributed by atoms with Gasteiger partial charge < -0.3 is 5.32 Å². The van der Waals surface area contributed by atoms with Crippen molar-refractivity contribution in [1.82, 2.24) is 15.1 Å². The molecule has 0 bridgehead atoms. The maximum atomic E-state index is 13.1. The molecular formula is C28H27F4N3O.